The van der Waals surface area contributed by atoms with Crippen LogP contribution in [-0.4, -0.2) is 54.0 Å². The topological polar surface area (TPSA) is 81.2 Å². The predicted octanol–water partition coefficient (Wildman–Crippen LogP) is 1.01. The van der Waals surface area contributed by atoms with Crippen molar-refractivity contribution in [2.75, 3.05) is 38.2 Å². The zero-order valence-corrected chi connectivity index (χ0v) is 13.5. The summed E-state index contributed by atoms with van der Waals surface area (Å²) in [6, 6.07) is 5.77. The number of hydrogen-bond donors (Lipinski definition) is 2. The Bertz CT molecular complexity index is 689. The van der Waals surface area contributed by atoms with Gasteiger partial charge in [-0.15, -0.1) is 0 Å². The van der Waals surface area contributed by atoms with E-state index >= 15 is 0 Å². The number of nitrogens with zero attached hydrogens (tertiary/aromatic N) is 3. The molecular formula is C17H21N5O2. The number of rotatable bonds is 4. The molecule has 4 rings (SSSR count). The summed E-state index contributed by atoms with van der Waals surface area (Å²) in [4.78, 5) is 13.8. The first kappa shape index (κ1) is 15.4. The van der Waals surface area contributed by atoms with Crippen molar-refractivity contribution in [1.82, 2.24) is 20.3 Å². The molecule has 24 heavy (non-hydrogen) atoms. The molecule has 1 atom stereocenters. The zero-order chi connectivity index (χ0) is 16.2. The van der Waals surface area contributed by atoms with Crippen LogP contribution in [0.25, 0.3) is 11.5 Å². The van der Waals surface area contributed by atoms with Crippen molar-refractivity contribution in [3.05, 3.63) is 35.7 Å². The summed E-state index contributed by atoms with van der Waals surface area (Å²) in [5.74, 6) is 1.54. The first-order valence-corrected chi connectivity index (χ1v) is 8.35. The Hall–Kier alpha value is -2.09. The molecule has 2 N–H and O–H groups in total. The smallest absolute Gasteiger partial charge is 0.180 e. The van der Waals surface area contributed by atoms with Crippen molar-refractivity contribution >= 4 is 5.82 Å². The van der Waals surface area contributed by atoms with E-state index in [-0.39, 0.29) is 6.10 Å². The van der Waals surface area contributed by atoms with Gasteiger partial charge in [-0.2, -0.15) is 0 Å². The van der Waals surface area contributed by atoms with Gasteiger partial charge in [0, 0.05) is 24.8 Å². The molecule has 0 unspecified atom stereocenters. The summed E-state index contributed by atoms with van der Waals surface area (Å²) in [5, 5.41) is 6.81. The van der Waals surface area contributed by atoms with E-state index in [0.717, 1.165) is 36.7 Å². The first-order valence-electron chi connectivity index (χ1n) is 8.35. The van der Waals surface area contributed by atoms with Crippen LogP contribution in [0, 0.1) is 0 Å². The highest BCUT2D eigenvalue weighted by Crippen LogP contribution is 2.24. The van der Waals surface area contributed by atoms with Crippen LogP contribution in [-0.2, 0) is 22.4 Å². The molecule has 0 bridgehead atoms. The van der Waals surface area contributed by atoms with Gasteiger partial charge in [-0.25, -0.2) is 9.97 Å². The highest BCUT2D eigenvalue weighted by Gasteiger charge is 2.20. The molecule has 126 valence electrons. The molecule has 7 nitrogen and oxygen atoms in total. The van der Waals surface area contributed by atoms with Crippen LogP contribution in [0.15, 0.2) is 24.4 Å². The van der Waals surface area contributed by atoms with E-state index < -0.39 is 0 Å². The minimum Gasteiger partial charge on any atom is -0.376 e. The normalized spacial score (nSPS) is 20.4. The lowest BCUT2D eigenvalue weighted by Gasteiger charge is -2.25. The highest BCUT2D eigenvalue weighted by atomic mass is 16.6. The molecule has 0 spiro atoms. The Balaban J connectivity index is 1.61. The molecule has 0 aromatic carbocycles. The SMILES string of the molecule is c1ccc(-c2nc3c(c(NC[C@H]4COCCO4)n2)CCNC3)nc1. The third-order valence-electron chi connectivity index (χ3n) is 4.21. The first-order chi connectivity index (χ1) is 11.9. The summed E-state index contributed by atoms with van der Waals surface area (Å²) in [6.07, 6.45) is 2.74. The van der Waals surface area contributed by atoms with E-state index in [4.69, 9.17) is 19.4 Å². The average Bonchev–Trinajstić information content (AvgIpc) is 2.67. The van der Waals surface area contributed by atoms with Crippen LogP contribution in [0.2, 0.25) is 0 Å². The van der Waals surface area contributed by atoms with E-state index in [1.165, 1.54) is 5.56 Å². The molecule has 1 fully saturated rings. The summed E-state index contributed by atoms with van der Waals surface area (Å²) in [6.45, 7) is 4.33. The molecule has 2 aromatic rings. The summed E-state index contributed by atoms with van der Waals surface area (Å²) in [5.41, 5.74) is 3.01. The Morgan fingerprint density at radius 3 is 3.08 bits per heavy atom. The van der Waals surface area contributed by atoms with Crippen LogP contribution < -0.4 is 10.6 Å². The minimum absolute atomic E-state index is 0.0596. The maximum atomic E-state index is 5.70. The van der Waals surface area contributed by atoms with Gasteiger partial charge in [0.1, 0.15) is 11.5 Å². The number of fused-ring (bicyclic) bond motifs is 1. The predicted molar refractivity (Wildman–Crippen MR) is 89.7 cm³/mol. The van der Waals surface area contributed by atoms with Crippen LogP contribution >= 0.6 is 0 Å². The van der Waals surface area contributed by atoms with Gasteiger partial charge < -0.3 is 20.1 Å². The molecule has 2 aromatic heterocycles. The fraction of sp³-hybridized carbons (Fsp3) is 0.471. The Kier molecular flexibility index (Phi) is 4.64. The lowest BCUT2D eigenvalue weighted by atomic mass is 10.1. The molecule has 0 amide bonds. The van der Waals surface area contributed by atoms with Gasteiger partial charge in [0.15, 0.2) is 5.82 Å². The van der Waals surface area contributed by atoms with Gasteiger partial charge in [-0.3, -0.25) is 4.98 Å². The third-order valence-corrected chi connectivity index (χ3v) is 4.21. The van der Waals surface area contributed by atoms with Gasteiger partial charge in [0.2, 0.25) is 0 Å². The van der Waals surface area contributed by atoms with Crippen molar-refractivity contribution in [1.29, 1.82) is 0 Å². The Morgan fingerprint density at radius 1 is 1.25 bits per heavy atom. The number of pyridine rings is 1. The van der Waals surface area contributed by atoms with Crippen molar-refractivity contribution in [3.8, 4) is 11.5 Å². The second-order valence-corrected chi connectivity index (χ2v) is 5.91. The molecule has 4 heterocycles. The van der Waals surface area contributed by atoms with E-state index in [2.05, 4.69) is 15.6 Å². The largest absolute Gasteiger partial charge is 0.376 e. The van der Waals surface area contributed by atoms with Crippen molar-refractivity contribution in [2.24, 2.45) is 0 Å². The lowest BCUT2D eigenvalue weighted by molar-refractivity contribution is -0.0819. The van der Waals surface area contributed by atoms with Gasteiger partial charge >= 0.3 is 0 Å². The monoisotopic (exact) mass is 327 g/mol. The molecule has 2 aliphatic heterocycles. The van der Waals surface area contributed by atoms with Crippen LogP contribution in [0.5, 0.6) is 0 Å². The van der Waals surface area contributed by atoms with Crippen molar-refractivity contribution in [3.63, 3.8) is 0 Å². The number of aromatic nitrogens is 3. The van der Waals surface area contributed by atoms with Crippen LogP contribution in [0.3, 0.4) is 0 Å². The quantitative estimate of drug-likeness (QED) is 0.867. The average molecular weight is 327 g/mol. The standard InChI is InChI=1S/C17H21N5O2/c1-2-5-19-14(3-1)17-21-15-10-18-6-4-13(15)16(22-17)20-9-12-11-23-7-8-24-12/h1-3,5,12,18H,4,6-11H2,(H,20,21,22)/t12-/m0/s1. The summed E-state index contributed by atoms with van der Waals surface area (Å²) in [7, 11) is 0. The van der Waals surface area contributed by atoms with E-state index in [9.17, 15) is 0 Å². The molecule has 0 saturated carbocycles. The van der Waals surface area contributed by atoms with E-state index in [1.54, 1.807) is 6.20 Å². The second-order valence-electron chi connectivity index (χ2n) is 5.91. The Morgan fingerprint density at radius 2 is 2.25 bits per heavy atom. The van der Waals surface area contributed by atoms with Crippen molar-refractivity contribution in [2.45, 2.75) is 19.1 Å². The van der Waals surface area contributed by atoms with Crippen molar-refractivity contribution < 1.29 is 9.47 Å². The van der Waals surface area contributed by atoms with Gasteiger partial charge in [-0.05, 0) is 25.1 Å². The third kappa shape index (κ3) is 3.38. The fourth-order valence-corrected chi connectivity index (χ4v) is 2.98. The zero-order valence-electron chi connectivity index (χ0n) is 13.5. The lowest BCUT2D eigenvalue weighted by Crippen LogP contribution is -2.35. The Labute approximate surface area is 140 Å². The molecule has 1 saturated heterocycles. The van der Waals surface area contributed by atoms with Gasteiger partial charge in [0.25, 0.3) is 0 Å². The fourth-order valence-electron chi connectivity index (χ4n) is 2.98. The molecule has 0 radical (unpaired) electrons. The maximum Gasteiger partial charge on any atom is 0.180 e. The van der Waals surface area contributed by atoms with Gasteiger partial charge in [0.05, 0.1) is 31.6 Å². The van der Waals surface area contributed by atoms with Gasteiger partial charge in [-0.1, -0.05) is 6.07 Å². The number of hydrogen-bond acceptors (Lipinski definition) is 7. The number of anilines is 1. The molecule has 2 aliphatic rings. The number of nitrogens with one attached hydrogen (secondary N) is 2. The van der Waals surface area contributed by atoms with Crippen LogP contribution in [0.1, 0.15) is 11.3 Å². The van der Waals surface area contributed by atoms with E-state index in [0.29, 0.717) is 32.2 Å². The molecule has 7 heteroatoms. The molecule has 0 aliphatic carbocycles. The van der Waals surface area contributed by atoms with E-state index in [1.807, 2.05) is 18.2 Å². The number of ether oxygens (including phenoxy) is 2. The summed E-state index contributed by atoms with van der Waals surface area (Å²) >= 11 is 0. The summed E-state index contributed by atoms with van der Waals surface area (Å²) < 4.78 is 11.2. The maximum absolute atomic E-state index is 5.70. The minimum atomic E-state index is 0.0596. The molecular weight excluding hydrogens is 306 g/mol. The highest BCUT2D eigenvalue weighted by molar-refractivity contribution is 5.57. The second kappa shape index (κ2) is 7.21. The van der Waals surface area contributed by atoms with Crippen LogP contribution in [0.4, 0.5) is 5.82 Å².